The largest absolute Gasteiger partial charge is 0.354 e. The minimum absolute atomic E-state index is 0. The Morgan fingerprint density at radius 3 is 3.05 bits per heavy atom. The van der Waals surface area contributed by atoms with Crippen molar-refractivity contribution < 1.29 is 4.79 Å². The summed E-state index contributed by atoms with van der Waals surface area (Å²) in [6, 6.07) is 9.17. The molecule has 3 atom stereocenters. The van der Waals surface area contributed by atoms with Crippen molar-refractivity contribution in [1.82, 2.24) is 10.6 Å². The van der Waals surface area contributed by atoms with E-state index in [0.717, 1.165) is 32.4 Å². The molecule has 1 spiro atoms. The molecule has 114 valence electrons. The van der Waals surface area contributed by atoms with E-state index in [1.165, 1.54) is 24.0 Å². The third-order valence-corrected chi connectivity index (χ3v) is 5.47. The van der Waals surface area contributed by atoms with Gasteiger partial charge in [-0.15, -0.1) is 12.4 Å². The van der Waals surface area contributed by atoms with Gasteiger partial charge in [0.1, 0.15) is 0 Å². The summed E-state index contributed by atoms with van der Waals surface area (Å²) < 4.78 is 0. The summed E-state index contributed by atoms with van der Waals surface area (Å²) in [5.74, 6) is 0.489. The van der Waals surface area contributed by atoms with Crippen LogP contribution in [0.3, 0.4) is 0 Å². The number of benzene rings is 1. The Balaban J connectivity index is 0.00000132. The van der Waals surface area contributed by atoms with Gasteiger partial charge in [-0.05, 0) is 49.8 Å². The number of amides is 1. The van der Waals surface area contributed by atoms with Crippen LogP contribution in [0.2, 0.25) is 0 Å². The lowest BCUT2D eigenvalue weighted by molar-refractivity contribution is -0.122. The van der Waals surface area contributed by atoms with Crippen LogP contribution in [-0.4, -0.2) is 25.0 Å². The zero-order chi connectivity index (χ0) is 13.6. The molecule has 21 heavy (non-hydrogen) atoms. The van der Waals surface area contributed by atoms with Gasteiger partial charge >= 0.3 is 0 Å². The van der Waals surface area contributed by atoms with Crippen molar-refractivity contribution in [3.63, 3.8) is 0 Å². The third-order valence-electron chi connectivity index (χ3n) is 5.47. The fourth-order valence-electron chi connectivity index (χ4n) is 4.22. The first-order valence-electron chi connectivity index (χ1n) is 7.89. The molecule has 1 amide bonds. The van der Waals surface area contributed by atoms with E-state index in [0.29, 0.717) is 6.04 Å². The van der Waals surface area contributed by atoms with E-state index in [9.17, 15) is 4.79 Å². The number of nitrogens with one attached hydrogen (secondary N) is 2. The fourth-order valence-corrected chi connectivity index (χ4v) is 4.22. The number of fused-ring (bicyclic) bond motifs is 2. The number of carbonyl (C=O) groups is 1. The highest BCUT2D eigenvalue weighted by molar-refractivity contribution is 5.85. The topological polar surface area (TPSA) is 41.1 Å². The number of halogens is 1. The number of hydrogen-bond acceptors (Lipinski definition) is 2. The zero-order valence-corrected chi connectivity index (χ0v) is 13.0. The second-order valence-corrected chi connectivity index (χ2v) is 6.61. The molecule has 3 aliphatic rings. The lowest BCUT2D eigenvalue weighted by atomic mass is 9.95. The Labute approximate surface area is 132 Å². The van der Waals surface area contributed by atoms with Gasteiger partial charge < -0.3 is 10.6 Å². The van der Waals surface area contributed by atoms with Gasteiger partial charge in [-0.2, -0.15) is 0 Å². The minimum atomic E-state index is 0. The van der Waals surface area contributed by atoms with Gasteiger partial charge in [0, 0.05) is 23.9 Å². The smallest absolute Gasteiger partial charge is 0.224 e. The molecule has 1 heterocycles. The molecule has 1 saturated carbocycles. The molecule has 3 nitrogen and oxygen atoms in total. The summed E-state index contributed by atoms with van der Waals surface area (Å²) in [5, 5.41) is 6.60. The maximum atomic E-state index is 12.4. The van der Waals surface area contributed by atoms with E-state index in [1.807, 2.05) is 0 Å². The molecule has 0 radical (unpaired) electrons. The van der Waals surface area contributed by atoms with Crippen LogP contribution in [0.15, 0.2) is 24.3 Å². The van der Waals surface area contributed by atoms with Gasteiger partial charge in [-0.1, -0.05) is 24.3 Å². The van der Waals surface area contributed by atoms with Gasteiger partial charge in [-0.3, -0.25) is 4.79 Å². The zero-order valence-electron chi connectivity index (χ0n) is 12.2. The van der Waals surface area contributed by atoms with E-state index in [4.69, 9.17) is 0 Å². The highest BCUT2D eigenvalue weighted by atomic mass is 35.5. The summed E-state index contributed by atoms with van der Waals surface area (Å²) in [4.78, 5) is 12.4. The molecular weight excluding hydrogens is 284 g/mol. The number of carbonyl (C=O) groups excluding carboxylic acids is 1. The molecule has 4 rings (SSSR count). The predicted octanol–water partition coefficient (Wildman–Crippen LogP) is 2.18. The van der Waals surface area contributed by atoms with Crippen molar-refractivity contribution in [3.05, 3.63) is 35.4 Å². The third kappa shape index (κ3) is 2.47. The van der Waals surface area contributed by atoms with Gasteiger partial charge in [0.05, 0.1) is 0 Å². The van der Waals surface area contributed by atoms with Crippen LogP contribution < -0.4 is 10.6 Å². The predicted molar refractivity (Wildman–Crippen MR) is 85.8 cm³/mol. The van der Waals surface area contributed by atoms with E-state index in [-0.39, 0.29) is 29.6 Å². The SMILES string of the molecule is Cl.O=C(NCC1CCCN1)C1CC12CCc1ccccc12. The van der Waals surface area contributed by atoms with Crippen molar-refractivity contribution in [2.75, 3.05) is 13.1 Å². The lowest BCUT2D eigenvalue weighted by Gasteiger charge is -2.14. The summed E-state index contributed by atoms with van der Waals surface area (Å²) >= 11 is 0. The minimum Gasteiger partial charge on any atom is -0.354 e. The highest BCUT2D eigenvalue weighted by Gasteiger charge is 2.61. The molecule has 2 aliphatic carbocycles. The lowest BCUT2D eigenvalue weighted by Crippen LogP contribution is -2.38. The van der Waals surface area contributed by atoms with Gasteiger partial charge in [-0.25, -0.2) is 0 Å². The maximum absolute atomic E-state index is 12.4. The van der Waals surface area contributed by atoms with Crippen molar-refractivity contribution in [2.24, 2.45) is 5.92 Å². The maximum Gasteiger partial charge on any atom is 0.224 e. The first kappa shape index (κ1) is 14.9. The quantitative estimate of drug-likeness (QED) is 0.899. The number of hydrogen-bond donors (Lipinski definition) is 2. The van der Waals surface area contributed by atoms with Crippen LogP contribution in [-0.2, 0) is 16.6 Å². The molecule has 3 unspecified atom stereocenters. The molecule has 2 fully saturated rings. The van der Waals surface area contributed by atoms with Crippen molar-refractivity contribution in [3.8, 4) is 0 Å². The average molecular weight is 307 g/mol. The first-order chi connectivity index (χ1) is 9.79. The Morgan fingerprint density at radius 1 is 1.38 bits per heavy atom. The Bertz CT molecular complexity index is 541. The van der Waals surface area contributed by atoms with Crippen molar-refractivity contribution in [1.29, 1.82) is 0 Å². The molecule has 1 aliphatic heterocycles. The Morgan fingerprint density at radius 2 is 2.24 bits per heavy atom. The molecule has 1 aromatic carbocycles. The second-order valence-electron chi connectivity index (χ2n) is 6.61. The van der Waals surface area contributed by atoms with Crippen LogP contribution in [0.5, 0.6) is 0 Å². The Kier molecular flexibility index (Phi) is 3.98. The molecule has 1 aromatic rings. The Hall–Kier alpha value is -1.06. The molecular formula is C17H23ClN2O. The standard InChI is InChI=1S/C17H22N2O.ClH/c20-16(19-11-13-5-3-9-18-13)15-10-17(15)8-7-12-4-1-2-6-14(12)17;/h1-2,4,6,13,15,18H,3,5,7-11H2,(H,19,20);1H. The van der Waals surface area contributed by atoms with Crippen molar-refractivity contribution in [2.45, 2.75) is 43.6 Å². The van der Waals surface area contributed by atoms with E-state index >= 15 is 0 Å². The second kappa shape index (κ2) is 5.62. The molecule has 0 bridgehead atoms. The van der Waals surface area contributed by atoms with E-state index in [1.54, 1.807) is 0 Å². The van der Waals surface area contributed by atoms with Gasteiger partial charge in [0.25, 0.3) is 0 Å². The molecule has 0 aromatic heterocycles. The van der Waals surface area contributed by atoms with Crippen LogP contribution >= 0.6 is 12.4 Å². The average Bonchev–Trinajstić information content (AvgIpc) is 2.83. The number of rotatable bonds is 3. The normalized spacial score (nSPS) is 32.6. The van der Waals surface area contributed by atoms with Gasteiger partial charge in [0.2, 0.25) is 5.91 Å². The monoisotopic (exact) mass is 306 g/mol. The summed E-state index contributed by atoms with van der Waals surface area (Å²) in [5.41, 5.74) is 3.09. The number of aryl methyl sites for hydroxylation is 1. The fraction of sp³-hybridized carbons (Fsp3) is 0.588. The van der Waals surface area contributed by atoms with E-state index in [2.05, 4.69) is 34.9 Å². The van der Waals surface area contributed by atoms with Crippen molar-refractivity contribution >= 4 is 18.3 Å². The van der Waals surface area contributed by atoms with Crippen LogP contribution in [0.1, 0.15) is 36.8 Å². The molecule has 4 heteroatoms. The van der Waals surface area contributed by atoms with Crippen LogP contribution in [0.25, 0.3) is 0 Å². The summed E-state index contributed by atoms with van der Waals surface area (Å²) in [6.07, 6.45) is 5.78. The molecule has 1 saturated heterocycles. The van der Waals surface area contributed by atoms with Crippen LogP contribution in [0, 0.1) is 5.92 Å². The summed E-state index contributed by atoms with van der Waals surface area (Å²) in [6.45, 7) is 1.90. The highest BCUT2D eigenvalue weighted by Crippen LogP contribution is 2.61. The molecule has 2 N–H and O–H groups in total. The summed E-state index contributed by atoms with van der Waals surface area (Å²) in [7, 11) is 0. The van der Waals surface area contributed by atoms with Gasteiger partial charge in [0.15, 0.2) is 0 Å². The van der Waals surface area contributed by atoms with Crippen LogP contribution in [0.4, 0.5) is 0 Å². The van der Waals surface area contributed by atoms with E-state index < -0.39 is 0 Å². The first-order valence-corrected chi connectivity index (χ1v) is 7.89.